The van der Waals surface area contributed by atoms with Gasteiger partial charge < -0.3 is 5.73 Å². The fourth-order valence-corrected chi connectivity index (χ4v) is 1.21. The molecule has 62 valence electrons. The third-order valence-corrected chi connectivity index (χ3v) is 1.87. The first-order chi connectivity index (χ1) is 4.70. The van der Waals surface area contributed by atoms with Crippen LogP contribution in [-0.4, -0.2) is 0 Å². The van der Waals surface area contributed by atoms with Gasteiger partial charge in [0.1, 0.15) is 0 Å². The van der Waals surface area contributed by atoms with Gasteiger partial charge in [-0.1, -0.05) is 28.1 Å². The maximum absolute atomic E-state index is 5.66. The smallest absolute Gasteiger partial charge is 0.0266 e. The molecule has 0 unspecified atom stereocenters. The van der Waals surface area contributed by atoms with Crippen molar-refractivity contribution < 1.29 is 0 Å². The van der Waals surface area contributed by atoms with E-state index in [2.05, 4.69) is 15.9 Å². The minimum Gasteiger partial charge on any atom is -0.324 e. The maximum atomic E-state index is 5.66. The van der Waals surface area contributed by atoms with Crippen LogP contribution < -0.4 is 5.73 Å². The van der Waals surface area contributed by atoms with Crippen LogP contribution in [0.1, 0.15) is 18.5 Å². The van der Waals surface area contributed by atoms with Crippen LogP contribution in [0, 0.1) is 0 Å². The van der Waals surface area contributed by atoms with Crippen LogP contribution >= 0.6 is 28.3 Å². The van der Waals surface area contributed by atoms with Gasteiger partial charge in [-0.3, -0.25) is 0 Å². The highest BCUT2D eigenvalue weighted by Gasteiger charge is 1.97. The van der Waals surface area contributed by atoms with Crippen molar-refractivity contribution in [3.05, 3.63) is 34.3 Å². The van der Waals surface area contributed by atoms with Gasteiger partial charge in [0.15, 0.2) is 0 Å². The van der Waals surface area contributed by atoms with Gasteiger partial charge >= 0.3 is 0 Å². The standard InChI is InChI=1S/C8H10BrN.ClH/c1-6(10)7-3-2-4-8(9)5-7;/h2-6H,10H2,1H3;1H/t6-;/m0./s1. The molecule has 0 aliphatic carbocycles. The van der Waals surface area contributed by atoms with Crippen LogP contribution in [0.2, 0.25) is 0 Å². The molecule has 3 heteroatoms. The Hall–Kier alpha value is -0.0500. The van der Waals surface area contributed by atoms with E-state index in [1.165, 1.54) is 0 Å². The lowest BCUT2D eigenvalue weighted by Gasteiger charge is -2.04. The Balaban J connectivity index is 0.000001000. The molecule has 11 heavy (non-hydrogen) atoms. The summed E-state index contributed by atoms with van der Waals surface area (Å²) in [5.74, 6) is 0. The highest BCUT2D eigenvalue weighted by atomic mass is 79.9. The number of nitrogens with two attached hydrogens (primary N) is 1. The normalized spacial score (nSPS) is 11.9. The summed E-state index contributed by atoms with van der Waals surface area (Å²) in [6.45, 7) is 1.97. The fourth-order valence-electron chi connectivity index (χ4n) is 0.790. The van der Waals surface area contributed by atoms with Crippen molar-refractivity contribution >= 4 is 28.3 Å². The van der Waals surface area contributed by atoms with E-state index in [1.54, 1.807) is 0 Å². The number of hydrogen-bond acceptors (Lipinski definition) is 1. The third-order valence-electron chi connectivity index (χ3n) is 1.37. The summed E-state index contributed by atoms with van der Waals surface area (Å²) in [7, 11) is 0. The Labute approximate surface area is 81.5 Å². The molecule has 1 aromatic carbocycles. The van der Waals surface area contributed by atoms with E-state index in [0.29, 0.717) is 0 Å². The molecule has 0 fully saturated rings. The predicted octanol–water partition coefficient (Wildman–Crippen LogP) is 2.89. The quantitative estimate of drug-likeness (QED) is 0.797. The van der Waals surface area contributed by atoms with E-state index in [0.717, 1.165) is 10.0 Å². The molecule has 0 saturated carbocycles. The van der Waals surface area contributed by atoms with Gasteiger partial charge in [0.25, 0.3) is 0 Å². The molecule has 0 spiro atoms. The van der Waals surface area contributed by atoms with Gasteiger partial charge in [0.05, 0.1) is 0 Å². The second kappa shape index (κ2) is 4.75. The lowest BCUT2D eigenvalue weighted by atomic mass is 10.1. The molecule has 1 aromatic rings. The van der Waals surface area contributed by atoms with Crippen molar-refractivity contribution in [2.45, 2.75) is 13.0 Å². The largest absolute Gasteiger partial charge is 0.324 e. The second-order valence-corrected chi connectivity index (χ2v) is 3.26. The average molecular weight is 237 g/mol. The number of hydrogen-bond donors (Lipinski definition) is 1. The first-order valence-corrected chi connectivity index (χ1v) is 4.00. The Morgan fingerprint density at radius 3 is 2.45 bits per heavy atom. The van der Waals surface area contributed by atoms with Gasteiger partial charge in [0, 0.05) is 10.5 Å². The predicted molar refractivity (Wildman–Crippen MR) is 54.0 cm³/mol. The van der Waals surface area contributed by atoms with Gasteiger partial charge in [-0.25, -0.2) is 0 Å². The SMILES string of the molecule is C[C@H](N)c1cccc(Br)c1.Cl. The number of halogens is 2. The molecule has 1 rings (SSSR count). The molecule has 1 atom stereocenters. The van der Waals surface area contributed by atoms with Gasteiger partial charge in [0.2, 0.25) is 0 Å². The van der Waals surface area contributed by atoms with Gasteiger partial charge in [-0.05, 0) is 24.6 Å². The van der Waals surface area contributed by atoms with Crippen LogP contribution in [0.5, 0.6) is 0 Å². The van der Waals surface area contributed by atoms with Crippen molar-refractivity contribution in [2.75, 3.05) is 0 Å². The summed E-state index contributed by atoms with van der Waals surface area (Å²) in [6.07, 6.45) is 0. The molecule has 1 nitrogen and oxygen atoms in total. The molecule has 0 aliphatic heterocycles. The molecular weight excluding hydrogens is 225 g/mol. The fraction of sp³-hybridized carbons (Fsp3) is 0.250. The zero-order valence-corrected chi connectivity index (χ0v) is 8.65. The maximum Gasteiger partial charge on any atom is 0.0266 e. The molecule has 0 aliphatic rings. The minimum atomic E-state index is 0. The van der Waals surface area contributed by atoms with E-state index in [9.17, 15) is 0 Å². The lowest BCUT2D eigenvalue weighted by Crippen LogP contribution is -2.04. The van der Waals surface area contributed by atoms with E-state index in [4.69, 9.17) is 5.73 Å². The Morgan fingerprint density at radius 2 is 2.09 bits per heavy atom. The molecule has 0 bridgehead atoms. The highest BCUT2D eigenvalue weighted by Crippen LogP contribution is 2.15. The van der Waals surface area contributed by atoms with Crippen molar-refractivity contribution in [2.24, 2.45) is 5.73 Å². The molecule has 0 aromatic heterocycles. The zero-order valence-electron chi connectivity index (χ0n) is 6.25. The molecule has 0 amide bonds. The summed E-state index contributed by atoms with van der Waals surface area (Å²) in [6, 6.07) is 8.16. The Bertz CT molecular complexity index is 225. The van der Waals surface area contributed by atoms with Crippen LogP contribution in [0.4, 0.5) is 0 Å². The van der Waals surface area contributed by atoms with E-state index >= 15 is 0 Å². The molecule has 0 saturated heterocycles. The lowest BCUT2D eigenvalue weighted by molar-refractivity contribution is 0.817. The highest BCUT2D eigenvalue weighted by molar-refractivity contribution is 9.10. The third kappa shape index (κ3) is 3.23. The second-order valence-electron chi connectivity index (χ2n) is 2.34. The Morgan fingerprint density at radius 1 is 1.45 bits per heavy atom. The topological polar surface area (TPSA) is 26.0 Å². The summed E-state index contributed by atoms with van der Waals surface area (Å²) < 4.78 is 1.09. The minimum absolute atomic E-state index is 0. The summed E-state index contributed by atoms with van der Waals surface area (Å²) >= 11 is 3.37. The van der Waals surface area contributed by atoms with Crippen molar-refractivity contribution in [1.29, 1.82) is 0 Å². The monoisotopic (exact) mass is 235 g/mol. The van der Waals surface area contributed by atoms with E-state index < -0.39 is 0 Å². The molecule has 0 radical (unpaired) electrons. The zero-order chi connectivity index (χ0) is 7.56. The number of benzene rings is 1. The average Bonchev–Trinajstić information content (AvgIpc) is 1.88. The summed E-state index contributed by atoms with van der Waals surface area (Å²) in [5.41, 5.74) is 6.82. The van der Waals surface area contributed by atoms with Crippen molar-refractivity contribution in [1.82, 2.24) is 0 Å². The summed E-state index contributed by atoms with van der Waals surface area (Å²) in [4.78, 5) is 0. The first-order valence-electron chi connectivity index (χ1n) is 3.21. The first kappa shape index (κ1) is 11.0. The molecule has 0 heterocycles. The molecular formula is C8H11BrClN. The van der Waals surface area contributed by atoms with Gasteiger partial charge in [-0.15, -0.1) is 12.4 Å². The van der Waals surface area contributed by atoms with Gasteiger partial charge in [-0.2, -0.15) is 0 Å². The van der Waals surface area contributed by atoms with Crippen LogP contribution in [0.25, 0.3) is 0 Å². The van der Waals surface area contributed by atoms with E-state index in [-0.39, 0.29) is 18.4 Å². The van der Waals surface area contributed by atoms with Crippen LogP contribution in [-0.2, 0) is 0 Å². The Kier molecular flexibility index (Phi) is 4.73. The van der Waals surface area contributed by atoms with Crippen LogP contribution in [0.3, 0.4) is 0 Å². The number of rotatable bonds is 1. The van der Waals surface area contributed by atoms with Crippen molar-refractivity contribution in [3.8, 4) is 0 Å². The van der Waals surface area contributed by atoms with Crippen LogP contribution in [0.15, 0.2) is 28.7 Å². The summed E-state index contributed by atoms with van der Waals surface area (Å²) in [5, 5.41) is 0. The van der Waals surface area contributed by atoms with E-state index in [1.807, 2.05) is 31.2 Å². The molecule has 2 N–H and O–H groups in total. The van der Waals surface area contributed by atoms with Crippen molar-refractivity contribution in [3.63, 3.8) is 0 Å².